The lowest BCUT2D eigenvalue weighted by Gasteiger charge is -2.15. The number of para-hydroxylation sites is 4. The molecule has 454 valence electrons. The summed E-state index contributed by atoms with van der Waals surface area (Å²) < 4.78 is 129. The Balaban J connectivity index is 1.11. The van der Waals surface area contributed by atoms with Gasteiger partial charge in [-0.3, -0.25) is 19.2 Å². The Morgan fingerprint density at radius 2 is 0.802 bits per heavy atom. The maximum absolute atomic E-state index is 14.6. The SMILES string of the molecule is O=C(Nc1ccccc1-c1c2nc(c(-c3ccccc3NC(=O)C(F)(F)F)c3ccc([nH]3)c(-c3ccccc3NC(=O)C(F)(F)F)c3nc(c(-c4ccccc4NC(=O)C(F)(F)F)c4ccc1[nH]4)C=C3)C=C2)c1cccc(Cn2cncc2-c2ccc(I)cc2)c1. The Labute approximate surface area is 522 Å². The van der Waals surface area contributed by atoms with Gasteiger partial charge in [0.25, 0.3) is 5.91 Å². The van der Waals surface area contributed by atoms with Crippen molar-refractivity contribution in [3.05, 3.63) is 220 Å². The molecule has 8 bridgehead atoms. The quantitative estimate of drug-likeness (QED) is 0.0518. The molecule has 24 heteroatoms. The summed E-state index contributed by atoms with van der Waals surface area (Å²) in [7, 11) is 0. The number of benzene rings is 6. The number of halogens is 10. The summed E-state index contributed by atoms with van der Waals surface area (Å²) in [5.74, 6) is -7.42. The van der Waals surface area contributed by atoms with Crippen LogP contribution in [0.15, 0.2) is 182 Å². The van der Waals surface area contributed by atoms with Crippen molar-refractivity contribution in [2.45, 2.75) is 25.1 Å². The molecule has 2 aliphatic heterocycles. The van der Waals surface area contributed by atoms with Gasteiger partial charge >= 0.3 is 36.3 Å². The summed E-state index contributed by atoms with van der Waals surface area (Å²) in [5, 5.41) is 8.93. The fourth-order valence-electron chi connectivity index (χ4n) is 10.7. The number of anilines is 4. The summed E-state index contributed by atoms with van der Waals surface area (Å²) in [5.41, 5.74) is 4.03. The highest BCUT2D eigenvalue weighted by molar-refractivity contribution is 14.1. The maximum atomic E-state index is 14.6. The number of nitrogens with zero attached hydrogens (tertiary/aromatic N) is 4. The number of carbonyl (C=O) groups is 4. The summed E-state index contributed by atoms with van der Waals surface area (Å²) in [6.45, 7) is 0.358. The molecule has 0 aliphatic carbocycles. The van der Waals surface area contributed by atoms with Crippen molar-refractivity contribution in [2.75, 3.05) is 21.3 Å². The maximum Gasteiger partial charge on any atom is 0.471 e. The van der Waals surface area contributed by atoms with Crippen molar-refractivity contribution in [1.29, 1.82) is 0 Å². The molecule has 4 aromatic heterocycles. The second kappa shape index (κ2) is 24.2. The number of rotatable bonds is 12. The van der Waals surface area contributed by atoms with E-state index >= 15 is 0 Å². The Morgan fingerprint density at radius 1 is 0.440 bits per heavy atom. The second-order valence-corrected chi connectivity index (χ2v) is 21.9. The molecular weight excluding hydrogens is 1310 g/mol. The lowest BCUT2D eigenvalue weighted by Crippen LogP contribution is -2.30. The highest BCUT2D eigenvalue weighted by Gasteiger charge is 2.41. The van der Waals surface area contributed by atoms with Crippen molar-refractivity contribution >= 4 is 115 Å². The number of amides is 4. The molecule has 0 atom stereocenters. The Bertz CT molecular complexity index is 4760. The van der Waals surface area contributed by atoms with Crippen LogP contribution in [0.5, 0.6) is 0 Å². The highest BCUT2D eigenvalue weighted by Crippen LogP contribution is 2.44. The van der Waals surface area contributed by atoms with E-state index in [0.29, 0.717) is 17.7 Å². The number of aromatic nitrogens is 6. The predicted octanol–water partition coefficient (Wildman–Crippen LogP) is 16.6. The topological polar surface area (TPSA) is 192 Å². The third kappa shape index (κ3) is 12.6. The fraction of sp³-hybridized carbons (Fsp3) is 0.0597. The average Bonchev–Trinajstić information content (AvgIpc) is 1.66. The number of imidazole rings is 1. The van der Waals surface area contributed by atoms with Gasteiger partial charge in [0.2, 0.25) is 0 Å². The van der Waals surface area contributed by atoms with E-state index in [1.54, 1.807) is 79.3 Å². The van der Waals surface area contributed by atoms with E-state index in [4.69, 9.17) is 9.97 Å². The molecule has 0 radical (unpaired) electrons. The van der Waals surface area contributed by atoms with Gasteiger partial charge in [0.15, 0.2) is 0 Å². The molecule has 0 fully saturated rings. The van der Waals surface area contributed by atoms with Crippen molar-refractivity contribution in [1.82, 2.24) is 29.5 Å². The standard InChI is InChI=1S/C67H42F9IN10O4/c68-65(69,70)62(89)84-45-17-6-2-13-41(45)58-50-26-24-48(79-50)57(40-12-1-5-16-44(40)83-61(88)38-11-9-10-36(32-38)34-87-35-78-33-56(87)37-20-22-39(77)23-21-37)49-25-27-51(80-49)59(42-14-3-7-18-46(42)85-63(90)66(71,72)73)53-29-31-55(82-53)60(54-30-28-52(58)81-54)43-15-4-8-19-47(43)86-64(91)67(74,75)76/h1-33,35,79,82H,34H2,(H,83,88)(H,84,89)(H,85,90)(H,86,91). The van der Waals surface area contributed by atoms with E-state index in [0.717, 1.165) is 20.4 Å². The van der Waals surface area contributed by atoms with Crippen LogP contribution in [-0.2, 0) is 20.9 Å². The third-order valence-electron chi connectivity index (χ3n) is 14.7. The smallest absolute Gasteiger partial charge is 0.354 e. The van der Waals surface area contributed by atoms with E-state index in [9.17, 15) is 58.7 Å². The molecule has 6 heterocycles. The number of fused-ring (bicyclic) bond motifs is 8. The van der Waals surface area contributed by atoms with Crippen LogP contribution in [0.25, 0.3) is 102 Å². The third-order valence-corrected chi connectivity index (χ3v) is 15.4. The zero-order chi connectivity index (χ0) is 63.9. The van der Waals surface area contributed by atoms with E-state index < -0.39 is 42.2 Å². The molecule has 0 unspecified atom stereocenters. The molecule has 0 saturated heterocycles. The van der Waals surface area contributed by atoms with Crippen LogP contribution < -0.4 is 21.3 Å². The monoisotopic (exact) mass is 1350 g/mol. The Morgan fingerprint density at radius 3 is 1.18 bits per heavy atom. The number of nitrogens with one attached hydrogen (secondary N) is 6. The second-order valence-electron chi connectivity index (χ2n) is 20.6. The van der Waals surface area contributed by atoms with Crippen LogP contribution in [-0.4, -0.2) is 71.6 Å². The number of hydrogen-bond donors (Lipinski definition) is 6. The van der Waals surface area contributed by atoms with Crippen LogP contribution >= 0.6 is 22.6 Å². The Kier molecular flexibility index (Phi) is 16.1. The molecule has 4 amide bonds. The van der Waals surface area contributed by atoms with Crippen molar-refractivity contribution in [2.24, 2.45) is 0 Å². The number of aromatic amines is 2. The van der Waals surface area contributed by atoms with Crippen LogP contribution in [0.2, 0.25) is 0 Å². The van der Waals surface area contributed by atoms with Gasteiger partial charge in [-0.2, -0.15) is 39.5 Å². The summed E-state index contributed by atoms with van der Waals surface area (Å²) in [4.78, 5) is 74.0. The molecule has 6 aromatic carbocycles. The molecule has 14 nitrogen and oxygen atoms in total. The lowest BCUT2D eigenvalue weighted by molar-refractivity contribution is -0.167. The molecule has 10 aromatic rings. The van der Waals surface area contributed by atoms with E-state index in [2.05, 4.69) is 42.9 Å². The van der Waals surface area contributed by atoms with Gasteiger partial charge in [-0.1, -0.05) is 97.1 Å². The lowest BCUT2D eigenvalue weighted by atomic mass is 10.0. The van der Waals surface area contributed by atoms with E-state index in [1.807, 2.05) is 50.8 Å². The van der Waals surface area contributed by atoms with Crippen molar-refractivity contribution < 1.29 is 58.7 Å². The number of alkyl halides is 9. The molecular formula is C67H42F9IN10O4. The number of carbonyl (C=O) groups excluding carboxylic acids is 4. The fourth-order valence-corrected chi connectivity index (χ4v) is 11.0. The van der Waals surface area contributed by atoms with Crippen LogP contribution in [0.1, 0.15) is 38.7 Å². The van der Waals surface area contributed by atoms with E-state index in [1.165, 1.54) is 97.1 Å². The first kappa shape index (κ1) is 60.4. The van der Waals surface area contributed by atoms with Crippen molar-refractivity contribution in [3.63, 3.8) is 0 Å². The Hall–Kier alpha value is -10.9. The zero-order valence-electron chi connectivity index (χ0n) is 46.5. The minimum Gasteiger partial charge on any atom is -0.354 e. The van der Waals surface area contributed by atoms with Crippen LogP contribution in [0, 0.1) is 3.57 Å². The molecule has 0 spiro atoms. The van der Waals surface area contributed by atoms with Gasteiger partial charge in [0, 0.05) is 105 Å². The zero-order valence-corrected chi connectivity index (χ0v) is 48.7. The largest absolute Gasteiger partial charge is 0.471 e. The predicted molar refractivity (Wildman–Crippen MR) is 339 cm³/mol. The summed E-state index contributed by atoms with van der Waals surface area (Å²) in [6.07, 6.45) is -6.46. The van der Waals surface area contributed by atoms with Gasteiger partial charge in [0.1, 0.15) is 0 Å². The molecule has 6 N–H and O–H groups in total. The molecule has 12 rings (SSSR count). The van der Waals surface area contributed by atoms with Gasteiger partial charge in [-0.05, 0) is 131 Å². The summed E-state index contributed by atoms with van der Waals surface area (Å²) in [6, 6.07) is 44.6. The first-order valence-electron chi connectivity index (χ1n) is 27.4. The number of hydrogen-bond acceptors (Lipinski definition) is 7. The highest BCUT2D eigenvalue weighted by atomic mass is 127. The molecule has 2 aliphatic rings. The van der Waals surface area contributed by atoms with Crippen LogP contribution in [0.3, 0.4) is 0 Å². The van der Waals surface area contributed by atoms with Crippen molar-refractivity contribution in [3.8, 4) is 55.8 Å². The van der Waals surface area contributed by atoms with Gasteiger partial charge in [-0.15, -0.1) is 0 Å². The molecule has 0 saturated carbocycles. The first-order chi connectivity index (χ1) is 43.5. The van der Waals surface area contributed by atoms with Crippen LogP contribution in [0.4, 0.5) is 62.3 Å². The number of H-pyrrole nitrogens is 2. The molecule has 91 heavy (non-hydrogen) atoms. The van der Waals surface area contributed by atoms with Gasteiger partial charge in [-0.25, -0.2) is 15.0 Å². The normalized spacial score (nSPS) is 12.2. The average molecular weight is 1350 g/mol. The van der Waals surface area contributed by atoms with Gasteiger partial charge < -0.3 is 35.8 Å². The minimum atomic E-state index is -5.35. The van der Waals surface area contributed by atoms with E-state index in [-0.39, 0.29) is 107 Å². The minimum absolute atomic E-state index is 0.00865. The summed E-state index contributed by atoms with van der Waals surface area (Å²) >= 11 is 2.23. The first-order valence-corrected chi connectivity index (χ1v) is 28.5. The van der Waals surface area contributed by atoms with Gasteiger partial charge in [0.05, 0.1) is 41.0 Å².